The Hall–Kier alpha value is -1.20. The van der Waals surface area contributed by atoms with Gasteiger partial charge in [-0.05, 0) is 4.00 Å². The predicted molar refractivity (Wildman–Crippen MR) is 50.6 cm³/mol. The van der Waals surface area contributed by atoms with Crippen molar-refractivity contribution in [1.29, 1.82) is 0 Å². The number of quaternary nitrogens is 1. The summed E-state index contributed by atoms with van der Waals surface area (Å²) in [7, 11) is 0. The molecule has 1 aromatic carbocycles. The second kappa shape index (κ2) is 2.69. The van der Waals surface area contributed by atoms with Gasteiger partial charge >= 0.3 is 0 Å². The molecular formula is C7H7N4S+. The van der Waals surface area contributed by atoms with E-state index < -0.39 is 0 Å². The highest BCUT2D eigenvalue weighted by Gasteiger charge is 2.29. The number of nitrogens with zero attached hydrogens (tertiary/aromatic N) is 4. The molecule has 5 heteroatoms. The summed E-state index contributed by atoms with van der Waals surface area (Å²) in [6, 6.07) is 9.63. The van der Waals surface area contributed by atoms with Crippen molar-refractivity contribution in [3.05, 3.63) is 30.3 Å². The molecule has 0 amide bonds. The molecule has 1 aliphatic heterocycles. The van der Waals surface area contributed by atoms with Crippen LogP contribution in [0.15, 0.2) is 45.9 Å². The first kappa shape index (κ1) is 7.45. The van der Waals surface area contributed by atoms with Crippen LogP contribution in [-0.4, -0.2) is 6.34 Å². The van der Waals surface area contributed by atoms with Gasteiger partial charge in [0.1, 0.15) is 12.8 Å². The Morgan fingerprint density at radius 3 is 2.50 bits per heavy atom. The second-order valence-corrected chi connectivity index (χ2v) is 3.00. The van der Waals surface area contributed by atoms with E-state index in [9.17, 15) is 0 Å². The van der Waals surface area contributed by atoms with Gasteiger partial charge in [-0.2, -0.15) is 0 Å². The van der Waals surface area contributed by atoms with Gasteiger partial charge in [-0.25, -0.2) is 0 Å². The molecule has 1 aromatic rings. The first-order valence-electron chi connectivity index (χ1n) is 3.45. The molecule has 12 heavy (non-hydrogen) atoms. The molecule has 2 rings (SSSR count). The lowest BCUT2D eigenvalue weighted by atomic mass is 10.3. The fraction of sp³-hybridized carbons (Fsp3) is 0. The van der Waals surface area contributed by atoms with E-state index in [1.807, 2.05) is 30.3 Å². The number of benzene rings is 1. The van der Waals surface area contributed by atoms with E-state index in [4.69, 9.17) is 0 Å². The zero-order valence-electron chi connectivity index (χ0n) is 6.20. The van der Waals surface area contributed by atoms with Gasteiger partial charge < -0.3 is 0 Å². The lowest BCUT2D eigenvalue weighted by Gasteiger charge is -2.11. The fourth-order valence-corrected chi connectivity index (χ4v) is 1.18. The number of thiol groups is 1. The van der Waals surface area contributed by atoms with Crippen LogP contribution in [0.25, 0.3) is 0 Å². The largest absolute Gasteiger partial charge is 0.256 e. The van der Waals surface area contributed by atoms with Gasteiger partial charge in [-0.15, -0.1) is 0 Å². The van der Waals surface area contributed by atoms with Gasteiger partial charge in [0.15, 0.2) is 5.69 Å². The molecule has 0 spiro atoms. The summed E-state index contributed by atoms with van der Waals surface area (Å²) in [5.41, 5.74) is 0.922. The highest BCUT2D eigenvalue weighted by molar-refractivity contribution is 7.80. The van der Waals surface area contributed by atoms with Gasteiger partial charge in [-0.3, -0.25) is 0 Å². The summed E-state index contributed by atoms with van der Waals surface area (Å²) in [5, 5.41) is 11.0. The lowest BCUT2D eigenvalue weighted by Crippen LogP contribution is -2.27. The third kappa shape index (κ3) is 1.13. The minimum atomic E-state index is 0.000833. The van der Waals surface area contributed by atoms with Crippen LogP contribution in [0.2, 0.25) is 0 Å². The van der Waals surface area contributed by atoms with Crippen LogP contribution >= 0.6 is 12.8 Å². The maximum Gasteiger partial charge on any atom is 0.256 e. The molecule has 0 aromatic heterocycles. The van der Waals surface area contributed by atoms with Crippen LogP contribution in [0.5, 0.6) is 0 Å². The molecule has 1 heterocycles. The molecular weight excluding hydrogens is 172 g/mol. The first-order chi connectivity index (χ1) is 5.81. The second-order valence-electron chi connectivity index (χ2n) is 2.39. The summed E-state index contributed by atoms with van der Waals surface area (Å²) in [6.07, 6.45) is 1.55. The van der Waals surface area contributed by atoms with E-state index in [2.05, 4.69) is 28.4 Å². The monoisotopic (exact) mass is 179 g/mol. The lowest BCUT2D eigenvalue weighted by molar-refractivity contribution is 0.695. The van der Waals surface area contributed by atoms with Crippen molar-refractivity contribution in [1.82, 2.24) is 4.00 Å². The predicted octanol–water partition coefficient (Wildman–Crippen LogP) is 2.16. The van der Waals surface area contributed by atoms with E-state index in [0.29, 0.717) is 0 Å². The van der Waals surface area contributed by atoms with Crippen molar-refractivity contribution in [2.45, 2.75) is 0 Å². The molecule has 0 fully saturated rings. The van der Waals surface area contributed by atoms with Gasteiger partial charge in [0.25, 0.3) is 6.34 Å². The zero-order valence-corrected chi connectivity index (χ0v) is 7.09. The van der Waals surface area contributed by atoms with Crippen LogP contribution in [-0.2, 0) is 0 Å². The Balaban J connectivity index is 2.43. The molecule has 0 N–H and O–H groups in total. The molecule has 1 aliphatic rings. The van der Waals surface area contributed by atoms with Crippen LogP contribution in [0.3, 0.4) is 0 Å². The zero-order chi connectivity index (χ0) is 8.44. The van der Waals surface area contributed by atoms with Crippen LogP contribution in [0.4, 0.5) is 5.69 Å². The van der Waals surface area contributed by atoms with Crippen molar-refractivity contribution in [2.24, 2.45) is 15.5 Å². The molecule has 4 nitrogen and oxygen atoms in total. The van der Waals surface area contributed by atoms with Crippen molar-refractivity contribution >= 4 is 24.8 Å². The van der Waals surface area contributed by atoms with E-state index in [-0.39, 0.29) is 4.00 Å². The van der Waals surface area contributed by atoms with Gasteiger partial charge in [0.05, 0.1) is 5.22 Å². The Bertz CT molecular complexity index is 321. The number of rotatable bonds is 1. The maximum absolute atomic E-state index is 4.30. The van der Waals surface area contributed by atoms with Crippen LogP contribution in [0, 0.1) is 0 Å². The van der Waals surface area contributed by atoms with E-state index in [1.165, 1.54) is 0 Å². The Morgan fingerprint density at radius 2 is 1.92 bits per heavy atom. The molecule has 0 aliphatic carbocycles. The number of hydrogen-bond acceptors (Lipinski definition) is 4. The van der Waals surface area contributed by atoms with Crippen molar-refractivity contribution in [3.63, 3.8) is 0 Å². The molecule has 1 atom stereocenters. The third-order valence-electron chi connectivity index (χ3n) is 1.58. The number of para-hydroxylation sites is 1. The van der Waals surface area contributed by atoms with Crippen LogP contribution in [0.1, 0.15) is 0 Å². The van der Waals surface area contributed by atoms with Gasteiger partial charge in [0, 0.05) is 17.4 Å². The highest BCUT2D eigenvalue weighted by atomic mass is 32.1. The standard InChI is InChI=1S/C7H7N4S/c12-11(6-8-9-10-11)7-4-2-1-3-5-7/h1-6,12H/q+1. The first-order valence-corrected chi connectivity index (χ1v) is 3.85. The molecule has 0 bridgehead atoms. The fourth-order valence-electron chi connectivity index (χ4n) is 0.968. The normalized spacial score (nSPS) is 26.4. The maximum atomic E-state index is 4.30. The summed E-state index contributed by atoms with van der Waals surface area (Å²) in [5.74, 6) is 0. The van der Waals surface area contributed by atoms with E-state index >= 15 is 0 Å². The van der Waals surface area contributed by atoms with Crippen molar-refractivity contribution in [3.8, 4) is 0 Å². The summed E-state index contributed by atoms with van der Waals surface area (Å²) >= 11 is 4.30. The molecule has 0 radical (unpaired) electrons. The van der Waals surface area contributed by atoms with Gasteiger partial charge in [-0.1, -0.05) is 23.3 Å². The summed E-state index contributed by atoms with van der Waals surface area (Å²) < 4.78 is 0.000833. The molecule has 60 valence electrons. The van der Waals surface area contributed by atoms with E-state index in [1.54, 1.807) is 6.34 Å². The summed E-state index contributed by atoms with van der Waals surface area (Å²) in [4.78, 5) is 0. The Labute approximate surface area is 75.3 Å². The Kier molecular flexibility index (Phi) is 1.67. The van der Waals surface area contributed by atoms with Crippen molar-refractivity contribution in [2.75, 3.05) is 0 Å². The molecule has 1 unspecified atom stereocenters. The number of hydrogen-bond donors (Lipinski definition) is 1. The molecule has 0 saturated carbocycles. The molecule has 0 saturated heterocycles. The topological polar surface area (TPSA) is 37.1 Å². The average Bonchev–Trinajstić information content (AvgIpc) is 2.55. The van der Waals surface area contributed by atoms with Gasteiger partial charge in [0.2, 0.25) is 0 Å². The van der Waals surface area contributed by atoms with E-state index in [0.717, 1.165) is 5.69 Å². The van der Waals surface area contributed by atoms with Crippen molar-refractivity contribution < 1.29 is 0 Å². The minimum Gasteiger partial charge on any atom is -0.0730 e. The quantitative estimate of drug-likeness (QED) is 0.506. The smallest absolute Gasteiger partial charge is 0.0730 e. The SMILES string of the molecule is S[N+]1(c2ccccc2)C=NN=N1. The average molecular weight is 179 g/mol. The minimum absolute atomic E-state index is 0.000833. The highest BCUT2D eigenvalue weighted by Crippen LogP contribution is 2.26. The van der Waals surface area contributed by atoms with Crippen LogP contribution < -0.4 is 4.00 Å². The Morgan fingerprint density at radius 1 is 1.17 bits per heavy atom. The summed E-state index contributed by atoms with van der Waals surface area (Å²) in [6.45, 7) is 0. The third-order valence-corrected chi connectivity index (χ3v) is 1.99.